The number of rotatable bonds is 16. The van der Waals surface area contributed by atoms with E-state index in [0.29, 0.717) is 30.3 Å². The highest BCUT2D eigenvalue weighted by atomic mass is 16.5. The molecule has 6 aromatic rings. The van der Waals surface area contributed by atoms with Crippen molar-refractivity contribution in [3.63, 3.8) is 0 Å². The maximum atomic E-state index is 6.36. The lowest BCUT2D eigenvalue weighted by molar-refractivity contribution is 0.286. The summed E-state index contributed by atoms with van der Waals surface area (Å²) in [5, 5.41) is 0. The fourth-order valence-electron chi connectivity index (χ4n) is 14.7. The van der Waals surface area contributed by atoms with Gasteiger partial charge in [0.25, 0.3) is 0 Å². The van der Waals surface area contributed by atoms with Crippen LogP contribution in [0.5, 0.6) is 5.75 Å². The quantitative estimate of drug-likeness (QED) is 0.0710. The molecule has 13 rings (SSSR count). The molecule has 0 bridgehead atoms. The van der Waals surface area contributed by atoms with Crippen LogP contribution in [0.4, 0.5) is 17.1 Å². The van der Waals surface area contributed by atoms with Crippen molar-refractivity contribution >= 4 is 34.3 Å². The number of benzene rings is 6. The molecule has 1 heterocycles. The summed E-state index contributed by atoms with van der Waals surface area (Å²) in [6.45, 7) is 15.6. The molecule has 0 fully saturated rings. The molecule has 0 N–H and O–H groups in total. The van der Waals surface area contributed by atoms with Crippen molar-refractivity contribution in [3.05, 3.63) is 294 Å². The summed E-state index contributed by atoms with van der Waals surface area (Å²) in [6, 6.07) is 55.0. The number of para-hydroxylation sites is 1. The largest absolute Gasteiger partial charge is 0.494 e. The summed E-state index contributed by atoms with van der Waals surface area (Å²) in [7, 11) is 0. The van der Waals surface area contributed by atoms with Crippen molar-refractivity contribution < 1.29 is 4.74 Å². The Morgan fingerprint density at radius 3 is 2.24 bits per heavy atom. The minimum atomic E-state index is -0.174. The van der Waals surface area contributed by atoms with E-state index in [1.54, 1.807) is 0 Å². The SMILES string of the molecule is C=Cc1ccc(OCCCCC2(C3C=CC=CC3)C3=CC(N(C4=CC=C(c5ccc(C(C)(C)C)cc5)CC4)c4ccc(-c5ccc6c(c5)C5CC(C7=CCC(C=C)C=C7)CC=C5N6c5ccccc5)cc4)CC=C3c3ccccc32)cc1. The van der Waals surface area contributed by atoms with Gasteiger partial charge in [0.15, 0.2) is 0 Å². The fraction of sp³-hybridized carbons (Fsp3) is 0.266. The number of allylic oxidation sites excluding steroid dienone is 17. The Morgan fingerprint density at radius 1 is 0.720 bits per heavy atom. The Labute approximate surface area is 488 Å². The second-order valence-corrected chi connectivity index (χ2v) is 24.8. The molecule has 0 saturated carbocycles. The van der Waals surface area contributed by atoms with Crippen LogP contribution >= 0.6 is 0 Å². The van der Waals surface area contributed by atoms with Crippen molar-refractivity contribution in [2.75, 3.05) is 16.4 Å². The summed E-state index contributed by atoms with van der Waals surface area (Å²) >= 11 is 0. The molecule has 6 unspecified atom stereocenters. The van der Waals surface area contributed by atoms with E-state index >= 15 is 0 Å². The van der Waals surface area contributed by atoms with E-state index in [9.17, 15) is 0 Å². The molecule has 3 heteroatoms. The minimum Gasteiger partial charge on any atom is -0.494 e. The molecule has 7 aliphatic rings. The average Bonchev–Trinajstić information content (AvgIpc) is 2.10. The Balaban J connectivity index is 0.854. The van der Waals surface area contributed by atoms with E-state index in [2.05, 4.69) is 268 Å². The highest BCUT2D eigenvalue weighted by Gasteiger charge is 2.50. The molecule has 6 aromatic carbocycles. The number of unbranched alkanes of at least 4 members (excludes halogenated alkanes) is 1. The summed E-state index contributed by atoms with van der Waals surface area (Å²) in [4.78, 5) is 5.25. The van der Waals surface area contributed by atoms with Gasteiger partial charge in [0, 0.05) is 39.8 Å². The first kappa shape index (κ1) is 53.2. The molecule has 0 radical (unpaired) electrons. The van der Waals surface area contributed by atoms with Crippen LogP contribution in [-0.4, -0.2) is 12.6 Å². The second kappa shape index (κ2) is 22.7. The lowest BCUT2D eigenvalue weighted by Crippen LogP contribution is -2.39. The standard InChI is InChI=1S/C79H78N2O/c1-6-55-24-28-59(29-25-55)61-36-48-76-72(52-61)73-53-62(37-49-77(73)81(76)65-20-12-9-13-21-65)60-34-42-67(43-35-60)80(66-40-32-58(33-41-66)57-30-38-63(39-31-57)78(3,4)5)68-44-47-71-70-22-14-15-23-74(70)79(75(71)54-68,64-18-10-8-11-19-64)50-16-17-51-82-69-45-26-56(7-2)27-46-69/h6-15,18,20-24,26-32,34-35,37-40,42-43,45-49,53-55,61,64,68,72H,1-2,16-17,19,25,33,36,41,44,50-52H2,3-5H3. The molecule has 1 aliphatic heterocycles. The topological polar surface area (TPSA) is 15.7 Å². The third-order valence-electron chi connectivity index (χ3n) is 19.1. The zero-order valence-electron chi connectivity index (χ0n) is 48.3. The van der Waals surface area contributed by atoms with Crippen LogP contribution in [0, 0.1) is 17.8 Å². The lowest BCUT2D eigenvalue weighted by atomic mass is 9.62. The minimum absolute atomic E-state index is 0.117. The second-order valence-electron chi connectivity index (χ2n) is 24.8. The molecule has 410 valence electrons. The molecule has 0 amide bonds. The highest BCUT2D eigenvalue weighted by Crippen LogP contribution is 2.60. The molecule has 6 atom stereocenters. The van der Waals surface area contributed by atoms with E-state index in [0.717, 1.165) is 75.5 Å². The van der Waals surface area contributed by atoms with Crippen LogP contribution in [0.1, 0.15) is 124 Å². The Hall–Kier alpha value is -8.14. The third-order valence-corrected chi connectivity index (χ3v) is 19.1. The molecule has 6 aliphatic carbocycles. The van der Waals surface area contributed by atoms with Gasteiger partial charge in [-0.05, 0) is 209 Å². The Kier molecular flexibility index (Phi) is 14.7. The van der Waals surface area contributed by atoms with E-state index < -0.39 is 0 Å². The van der Waals surface area contributed by atoms with Crippen molar-refractivity contribution in [1.29, 1.82) is 0 Å². The van der Waals surface area contributed by atoms with Crippen molar-refractivity contribution in [2.45, 2.75) is 108 Å². The first-order chi connectivity index (χ1) is 40.2. The van der Waals surface area contributed by atoms with Gasteiger partial charge in [0.2, 0.25) is 0 Å². The number of ether oxygens (including phenoxy) is 1. The molecule has 82 heavy (non-hydrogen) atoms. The molecular formula is C79H78N2O. The van der Waals surface area contributed by atoms with Gasteiger partial charge in [0.1, 0.15) is 5.75 Å². The molecular weight excluding hydrogens is 993 g/mol. The van der Waals surface area contributed by atoms with Gasteiger partial charge in [-0.25, -0.2) is 0 Å². The van der Waals surface area contributed by atoms with E-state index in [1.807, 2.05) is 6.08 Å². The number of hydrogen-bond acceptors (Lipinski definition) is 3. The predicted octanol–water partition coefficient (Wildman–Crippen LogP) is 20.5. The highest BCUT2D eigenvalue weighted by molar-refractivity contribution is 5.92. The predicted molar refractivity (Wildman–Crippen MR) is 347 cm³/mol. The number of hydrogen-bond donors (Lipinski definition) is 0. The van der Waals surface area contributed by atoms with Gasteiger partial charge >= 0.3 is 0 Å². The number of fused-ring (bicyclic) bond motifs is 6. The van der Waals surface area contributed by atoms with Gasteiger partial charge < -0.3 is 14.5 Å². The van der Waals surface area contributed by atoms with Gasteiger partial charge in [-0.2, -0.15) is 0 Å². The van der Waals surface area contributed by atoms with Gasteiger partial charge in [-0.1, -0.05) is 203 Å². The molecule has 0 aromatic heterocycles. The fourth-order valence-corrected chi connectivity index (χ4v) is 14.7. The molecule has 0 saturated heterocycles. The van der Waals surface area contributed by atoms with Crippen molar-refractivity contribution in [2.24, 2.45) is 17.8 Å². The van der Waals surface area contributed by atoms with Crippen molar-refractivity contribution in [1.82, 2.24) is 0 Å². The van der Waals surface area contributed by atoms with Crippen molar-refractivity contribution in [3.8, 4) is 16.9 Å². The zero-order valence-corrected chi connectivity index (χ0v) is 48.3. The average molecular weight is 1070 g/mol. The maximum Gasteiger partial charge on any atom is 0.119 e. The molecule has 0 spiro atoms. The van der Waals surface area contributed by atoms with E-state index in [-0.39, 0.29) is 16.9 Å². The van der Waals surface area contributed by atoms with Crippen LogP contribution in [0.15, 0.2) is 260 Å². The summed E-state index contributed by atoms with van der Waals surface area (Å²) in [5.74, 6) is 2.50. The first-order valence-electron chi connectivity index (χ1n) is 30.5. The Morgan fingerprint density at radius 2 is 1.51 bits per heavy atom. The Bertz CT molecular complexity index is 3680. The van der Waals surface area contributed by atoms with Crippen LogP contribution in [-0.2, 0) is 10.8 Å². The summed E-state index contributed by atoms with van der Waals surface area (Å²) in [6.07, 6.45) is 43.5. The van der Waals surface area contributed by atoms with Gasteiger partial charge in [0.05, 0.1) is 12.6 Å². The molecule has 3 nitrogen and oxygen atoms in total. The maximum absolute atomic E-state index is 6.36. The van der Waals surface area contributed by atoms with Gasteiger partial charge in [-0.15, -0.1) is 6.58 Å². The van der Waals surface area contributed by atoms with Crippen LogP contribution in [0.3, 0.4) is 0 Å². The number of nitrogens with zero attached hydrogens (tertiary/aromatic N) is 2. The lowest BCUT2D eigenvalue weighted by Gasteiger charge is -2.42. The van der Waals surface area contributed by atoms with Crippen LogP contribution in [0.2, 0.25) is 0 Å². The smallest absolute Gasteiger partial charge is 0.119 e. The first-order valence-corrected chi connectivity index (χ1v) is 30.5. The van der Waals surface area contributed by atoms with Gasteiger partial charge in [-0.3, -0.25) is 0 Å². The van der Waals surface area contributed by atoms with E-state index in [4.69, 9.17) is 4.74 Å². The third kappa shape index (κ3) is 10.1. The normalized spacial score (nSPS) is 23.2. The monoisotopic (exact) mass is 1070 g/mol. The van der Waals surface area contributed by atoms with Crippen LogP contribution in [0.25, 0.3) is 28.3 Å². The number of anilines is 3. The van der Waals surface area contributed by atoms with E-state index in [1.165, 1.54) is 89.7 Å². The van der Waals surface area contributed by atoms with Crippen LogP contribution < -0.4 is 14.5 Å². The summed E-state index contributed by atoms with van der Waals surface area (Å²) in [5.41, 5.74) is 23.0. The zero-order chi connectivity index (χ0) is 55.8. The summed E-state index contributed by atoms with van der Waals surface area (Å²) < 4.78 is 6.36.